The number of nitro benzene ring substituents is 1. The van der Waals surface area contributed by atoms with Gasteiger partial charge in [-0.2, -0.15) is 0 Å². The molecule has 0 aromatic heterocycles. The highest BCUT2D eigenvalue weighted by Gasteiger charge is 2.59. The van der Waals surface area contributed by atoms with E-state index in [9.17, 15) is 20.0 Å². The molecule has 3 aromatic carbocycles. The number of phenols is 1. The number of phenolic OH excluding ortho intramolecular Hbond substituents is 1. The molecule has 0 saturated heterocycles. The lowest BCUT2D eigenvalue weighted by molar-refractivity contribution is -0.384. The van der Waals surface area contributed by atoms with E-state index >= 15 is 0 Å². The number of rotatable bonds is 6. The zero-order valence-electron chi connectivity index (χ0n) is 17.5. The van der Waals surface area contributed by atoms with E-state index in [1.165, 1.54) is 30.3 Å². The van der Waals surface area contributed by atoms with Crippen LogP contribution in [0.1, 0.15) is 29.5 Å². The molecule has 0 spiro atoms. The summed E-state index contributed by atoms with van der Waals surface area (Å²) in [5, 5.41) is 26.6. The van der Waals surface area contributed by atoms with Crippen LogP contribution < -0.4 is 0 Å². The standard InChI is InChI=1S/C24H19ClN2O6/c1-2-32-23(29)24(19-5-3-4-6-20(19)28)21(15-9-13-18(14-10-15)27(30)31)22(26-33-24)16-7-11-17(25)12-8-16/h3-14,21,28H,2H2,1H3/t21-,24-/m0/s1. The van der Waals surface area contributed by atoms with Gasteiger partial charge in [0.1, 0.15) is 5.75 Å². The Labute approximate surface area is 194 Å². The number of non-ortho nitro benzene ring substituents is 1. The van der Waals surface area contributed by atoms with Crippen molar-refractivity contribution >= 4 is 29.0 Å². The third-order valence-electron chi connectivity index (χ3n) is 5.43. The van der Waals surface area contributed by atoms with Gasteiger partial charge in [-0.05, 0) is 30.7 Å². The minimum Gasteiger partial charge on any atom is -0.507 e. The molecule has 168 valence electrons. The molecule has 1 N–H and O–H groups in total. The van der Waals surface area contributed by atoms with Gasteiger partial charge in [0.25, 0.3) is 11.3 Å². The lowest BCUT2D eigenvalue weighted by atomic mass is 9.73. The van der Waals surface area contributed by atoms with Crippen molar-refractivity contribution in [1.29, 1.82) is 0 Å². The quantitative estimate of drug-likeness (QED) is 0.313. The molecule has 0 fully saturated rings. The van der Waals surface area contributed by atoms with Crippen LogP contribution >= 0.6 is 11.6 Å². The number of para-hydroxylation sites is 1. The summed E-state index contributed by atoms with van der Waals surface area (Å²) in [6, 6.07) is 18.9. The van der Waals surface area contributed by atoms with Crippen LogP contribution in [0.3, 0.4) is 0 Å². The fourth-order valence-corrected chi connectivity index (χ4v) is 4.06. The molecule has 4 rings (SSSR count). The minimum absolute atomic E-state index is 0.0702. The Morgan fingerprint density at radius 1 is 1.15 bits per heavy atom. The van der Waals surface area contributed by atoms with Gasteiger partial charge in [-0.25, -0.2) is 4.79 Å². The zero-order chi connectivity index (χ0) is 23.6. The largest absolute Gasteiger partial charge is 0.507 e. The number of halogens is 1. The molecule has 0 aliphatic carbocycles. The molecule has 33 heavy (non-hydrogen) atoms. The van der Waals surface area contributed by atoms with E-state index in [0.29, 0.717) is 21.9 Å². The van der Waals surface area contributed by atoms with Crippen LogP contribution in [0, 0.1) is 10.1 Å². The SMILES string of the molecule is CCOC(=O)[C@@]1(c2ccccc2O)ON=C(c2ccc(Cl)cc2)[C@@H]1c1ccc([N+](=O)[O-])cc1. The molecule has 0 amide bonds. The number of carbonyl (C=O) groups is 1. The highest BCUT2D eigenvalue weighted by Crippen LogP contribution is 2.50. The van der Waals surface area contributed by atoms with Gasteiger partial charge in [-0.3, -0.25) is 10.1 Å². The summed E-state index contributed by atoms with van der Waals surface area (Å²) < 4.78 is 5.38. The average molecular weight is 467 g/mol. The number of esters is 1. The maximum atomic E-state index is 13.4. The van der Waals surface area contributed by atoms with Gasteiger partial charge in [-0.15, -0.1) is 0 Å². The van der Waals surface area contributed by atoms with E-state index in [0.717, 1.165) is 0 Å². The average Bonchev–Trinajstić information content (AvgIpc) is 3.21. The number of hydrogen-bond donors (Lipinski definition) is 1. The van der Waals surface area contributed by atoms with E-state index in [-0.39, 0.29) is 23.6 Å². The van der Waals surface area contributed by atoms with E-state index in [2.05, 4.69) is 5.16 Å². The smallest absolute Gasteiger partial charge is 0.359 e. The van der Waals surface area contributed by atoms with Gasteiger partial charge in [0.05, 0.1) is 28.7 Å². The second-order valence-electron chi connectivity index (χ2n) is 7.33. The summed E-state index contributed by atoms with van der Waals surface area (Å²) in [6.45, 7) is 1.73. The normalized spacial score (nSPS) is 19.5. The highest BCUT2D eigenvalue weighted by molar-refractivity contribution is 6.30. The molecule has 9 heteroatoms. The number of nitrogens with zero attached hydrogens (tertiary/aromatic N) is 2. The van der Waals surface area contributed by atoms with E-state index in [1.807, 2.05) is 0 Å². The van der Waals surface area contributed by atoms with E-state index < -0.39 is 22.4 Å². The Hall–Kier alpha value is -3.91. The van der Waals surface area contributed by atoms with Crippen molar-refractivity contribution in [3.05, 3.63) is 105 Å². The van der Waals surface area contributed by atoms with Crippen molar-refractivity contribution in [2.24, 2.45) is 5.16 Å². The van der Waals surface area contributed by atoms with Crippen LogP contribution in [-0.2, 0) is 20.0 Å². The van der Waals surface area contributed by atoms with Crippen LogP contribution in [0.4, 0.5) is 5.69 Å². The first-order valence-electron chi connectivity index (χ1n) is 10.1. The van der Waals surface area contributed by atoms with Gasteiger partial charge in [0.2, 0.25) is 0 Å². The summed E-state index contributed by atoms with van der Waals surface area (Å²) in [6.07, 6.45) is 0. The Kier molecular flexibility index (Phi) is 6.02. The fourth-order valence-electron chi connectivity index (χ4n) is 3.94. The molecular weight excluding hydrogens is 448 g/mol. The second kappa shape index (κ2) is 8.91. The van der Waals surface area contributed by atoms with Crippen LogP contribution in [0.25, 0.3) is 0 Å². The molecular formula is C24H19ClN2O6. The summed E-state index contributed by atoms with van der Waals surface area (Å²) in [7, 11) is 0. The third kappa shape index (κ3) is 3.89. The van der Waals surface area contributed by atoms with Crippen molar-refractivity contribution in [3.8, 4) is 5.75 Å². The first kappa shape index (κ1) is 22.3. The molecule has 1 aliphatic heterocycles. The Morgan fingerprint density at radius 2 is 1.82 bits per heavy atom. The van der Waals surface area contributed by atoms with Crippen molar-refractivity contribution in [2.45, 2.75) is 18.4 Å². The van der Waals surface area contributed by atoms with Crippen LogP contribution in [0.15, 0.2) is 78.0 Å². The number of ether oxygens (including phenoxy) is 1. The molecule has 1 heterocycles. The lowest BCUT2D eigenvalue weighted by Gasteiger charge is -2.32. The van der Waals surface area contributed by atoms with Crippen LogP contribution in [0.2, 0.25) is 5.02 Å². The first-order valence-corrected chi connectivity index (χ1v) is 10.5. The van der Waals surface area contributed by atoms with Crippen molar-refractivity contribution < 1.29 is 24.4 Å². The summed E-state index contributed by atoms with van der Waals surface area (Å²) >= 11 is 6.04. The summed E-state index contributed by atoms with van der Waals surface area (Å²) in [5.41, 5.74) is -0.261. The van der Waals surface area contributed by atoms with E-state index in [1.54, 1.807) is 49.4 Å². The second-order valence-corrected chi connectivity index (χ2v) is 7.77. The van der Waals surface area contributed by atoms with Crippen LogP contribution in [-0.4, -0.2) is 28.3 Å². The van der Waals surface area contributed by atoms with Crippen molar-refractivity contribution in [2.75, 3.05) is 6.61 Å². The predicted octanol–water partition coefficient (Wildman–Crippen LogP) is 4.93. The molecule has 0 unspecified atom stereocenters. The highest BCUT2D eigenvalue weighted by atomic mass is 35.5. The van der Waals surface area contributed by atoms with Gasteiger partial charge >= 0.3 is 5.97 Å². The zero-order valence-corrected chi connectivity index (χ0v) is 18.2. The number of oxime groups is 1. The van der Waals surface area contributed by atoms with Crippen LogP contribution in [0.5, 0.6) is 5.75 Å². The number of carbonyl (C=O) groups excluding carboxylic acids is 1. The first-order chi connectivity index (χ1) is 15.9. The fraction of sp³-hybridized carbons (Fsp3) is 0.167. The summed E-state index contributed by atoms with van der Waals surface area (Å²) in [4.78, 5) is 30.0. The predicted molar refractivity (Wildman–Crippen MR) is 121 cm³/mol. The molecule has 1 aliphatic rings. The Balaban J connectivity index is 1.96. The number of aromatic hydroxyl groups is 1. The van der Waals surface area contributed by atoms with Crippen molar-refractivity contribution in [3.63, 3.8) is 0 Å². The molecule has 0 saturated carbocycles. The van der Waals surface area contributed by atoms with Gasteiger partial charge in [0, 0.05) is 22.7 Å². The maximum absolute atomic E-state index is 13.4. The molecule has 2 atom stereocenters. The Morgan fingerprint density at radius 3 is 2.42 bits per heavy atom. The Bertz CT molecular complexity index is 1230. The van der Waals surface area contributed by atoms with Crippen molar-refractivity contribution in [1.82, 2.24) is 0 Å². The molecule has 3 aromatic rings. The van der Waals surface area contributed by atoms with Gasteiger partial charge < -0.3 is 14.7 Å². The van der Waals surface area contributed by atoms with E-state index in [4.69, 9.17) is 21.2 Å². The topological polar surface area (TPSA) is 111 Å². The number of hydrogen-bond acceptors (Lipinski definition) is 7. The minimum atomic E-state index is -1.85. The number of benzene rings is 3. The van der Waals surface area contributed by atoms with Gasteiger partial charge in [-0.1, -0.05) is 59.2 Å². The van der Waals surface area contributed by atoms with Gasteiger partial charge in [0.15, 0.2) is 0 Å². The number of nitro groups is 1. The summed E-state index contributed by atoms with van der Waals surface area (Å²) in [5.74, 6) is -1.81. The molecule has 0 radical (unpaired) electrons. The molecule has 8 nitrogen and oxygen atoms in total. The third-order valence-corrected chi connectivity index (χ3v) is 5.68. The monoisotopic (exact) mass is 466 g/mol. The molecule has 0 bridgehead atoms. The lowest BCUT2D eigenvalue weighted by Crippen LogP contribution is -2.44. The maximum Gasteiger partial charge on any atom is 0.359 e.